The van der Waals surface area contributed by atoms with Crippen LogP contribution < -0.4 is 4.74 Å². The Morgan fingerprint density at radius 2 is 2.05 bits per heavy atom. The molecule has 22 heavy (non-hydrogen) atoms. The summed E-state index contributed by atoms with van der Waals surface area (Å²) in [6.07, 6.45) is -0.613. The van der Waals surface area contributed by atoms with E-state index in [-0.39, 0.29) is 24.5 Å². The number of para-hydroxylation sites is 1. The lowest BCUT2D eigenvalue weighted by Gasteiger charge is -2.37. The highest BCUT2D eigenvalue weighted by Gasteiger charge is 2.36. The SMILES string of the molecule is C[C@@H]1CN(C(=O)C2COc3ccccc3C2)CC(C(=O)O)O1. The second kappa shape index (κ2) is 5.96. The number of hydrogen-bond acceptors (Lipinski definition) is 4. The Morgan fingerprint density at radius 1 is 1.27 bits per heavy atom. The summed E-state index contributed by atoms with van der Waals surface area (Å²) in [5.74, 6) is -0.537. The van der Waals surface area contributed by atoms with E-state index in [1.165, 1.54) is 0 Å². The maximum atomic E-state index is 12.7. The molecule has 0 spiro atoms. The molecule has 1 saturated heterocycles. The number of amides is 1. The number of carbonyl (C=O) groups is 2. The van der Waals surface area contributed by atoms with Crippen LogP contribution in [0.5, 0.6) is 5.75 Å². The maximum Gasteiger partial charge on any atom is 0.334 e. The molecule has 0 bridgehead atoms. The first-order valence-electron chi connectivity index (χ1n) is 7.42. The minimum atomic E-state index is -1.03. The Labute approximate surface area is 128 Å². The van der Waals surface area contributed by atoms with E-state index in [0.29, 0.717) is 19.6 Å². The fraction of sp³-hybridized carbons (Fsp3) is 0.500. The van der Waals surface area contributed by atoms with Gasteiger partial charge in [0.25, 0.3) is 0 Å². The molecular weight excluding hydrogens is 286 g/mol. The van der Waals surface area contributed by atoms with Crippen LogP contribution >= 0.6 is 0 Å². The molecule has 1 amide bonds. The summed E-state index contributed by atoms with van der Waals surface area (Å²) >= 11 is 0. The van der Waals surface area contributed by atoms with Gasteiger partial charge in [0.15, 0.2) is 6.10 Å². The van der Waals surface area contributed by atoms with E-state index in [1.807, 2.05) is 24.3 Å². The van der Waals surface area contributed by atoms with Gasteiger partial charge in [0, 0.05) is 6.54 Å². The van der Waals surface area contributed by atoms with Crippen LogP contribution in [0, 0.1) is 5.92 Å². The van der Waals surface area contributed by atoms with Gasteiger partial charge in [-0.05, 0) is 25.0 Å². The first-order valence-corrected chi connectivity index (χ1v) is 7.42. The third-order valence-corrected chi connectivity index (χ3v) is 4.08. The Kier molecular flexibility index (Phi) is 4.02. The average Bonchev–Trinajstić information content (AvgIpc) is 2.53. The van der Waals surface area contributed by atoms with Gasteiger partial charge in [0.2, 0.25) is 5.91 Å². The monoisotopic (exact) mass is 305 g/mol. The normalized spacial score (nSPS) is 27.7. The molecule has 1 aromatic carbocycles. The molecule has 1 aromatic rings. The van der Waals surface area contributed by atoms with Gasteiger partial charge in [0.05, 0.1) is 18.6 Å². The van der Waals surface area contributed by atoms with Crippen LogP contribution in [0.25, 0.3) is 0 Å². The van der Waals surface area contributed by atoms with E-state index in [1.54, 1.807) is 11.8 Å². The van der Waals surface area contributed by atoms with Gasteiger partial charge in [-0.15, -0.1) is 0 Å². The van der Waals surface area contributed by atoms with Gasteiger partial charge in [-0.25, -0.2) is 4.79 Å². The van der Waals surface area contributed by atoms with E-state index in [2.05, 4.69) is 0 Å². The molecule has 0 aromatic heterocycles. The van der Waals surface area contributed by atoms with E-state index in [9.17, 15) is 9.59 Å². The van der Waals surface area contributed by atoms with Crippen molar-refractivity contribution in [3.63, 3.8) is 0 Å². The van der Waals surface area contributed by atoms with Crippen molar-refractivity contribution in [1.29, 1.82) is 0 Å². The highest BCUT2D eigenvalue weighted by atomic mass is 16.5. The molecule has 118 valence electrons. The zero-order chi connectivity index (χ0) is 15.7. The number of rotatable bonds is 2. The molecule has 0 aliphatic carbocycles. The molecule has 2 aliphatic heterocycles. The number of aliphatic carboxylic acids is 1. The third kappa shape index (κ3) is 2.92. The molecule has 6 nitrogen and oxygen atoms in total. The molecule has 1 fully saturated rings. The minimum Gasteiger partial charge on any atom is -0.492 e. The Morgan fingerprint density at radius 3 is 2.82 bits per heavy atom. The van der Waals surface area contributed by atoms with E-state index in [4.69, 9.17) is 14.6 Å². The molecule has 6 heteroatoms. The molecule has 2 heterocycles. The van der Waals surface area contributed by atoms with Gasteiger partial charge < -0.3 is 19.5 Å². The third-order valence-electron chi connectivity index (χ3n) is 4.08. The second-order valence-electron chi connectivity index (χ2n) is 5.84. The van der Waals surface area contributed by atoms with Crippen LogP contribution in [0.15, 0.2) is 24.3 Å². The van der Waals surface area contributed by atoms with Crippen molar-refractivity contribution in [3.8, 4) is 5.75 Å². The lowest BCUT2D eigenvalue weighted by Crippen LogP contribution is -2.54. The fourth-order valence-corrected chi connectivity index (χ4v) is 3.01. The molecule has 1 N–H and O–H groups in total. The van der Waals surface area contributed by atoms with Crippen molar-refractivity contribution in [2.45, 2.75) is 25.6 Å². The van der Waals surface area contributed by atoms with Crippen molar-refractivity contribution in [1.82, 2.24) is 4.90 Å². The van der Waals surface area contributed by atoms with Crippen molar-refractivity contribution in [3.05, 3.63) is 29.8 Å². The number of ether oxygens (including phenoxy) is 2. The second-order valence-corrected chi connectivity index (χ2v) is 5.84. The summed E-state index contributed by atoms with van der Waals surface area (Å²) in [7, 11) is 0. The van der Waals surface area contributed by atoms with Crippen LogP contribution in [0.2, 0.25) is 0 Å². The smallest absolute Gasteiger partial charge is 0.334 e. The Balaban J connectivity index is 1.70. The Bertz CT molecular complexity index is 588. The zero-order valence-corrected chi connectivity index (χ0v) is 12.4. The molecule has 3 atom stereocenters. The highest BCUT2D eigenvalue weighted by molar-refractivity contribution is 5.81. The summed E-state index contributed by atoms with van der Waals surface area (Å²) in [5, 5.41) is 9.11. The first-order chi connectivity index (χ1) is 10.5. The molecule has 0 radical (unpaired) electrons. The number of carbonyl (C=O) groups excluding carboxylic acids is 1. The lowest BCUT2D eigenvalue weighted by atomic mass is 9.95. The van der Waals surface area contributed by atoms with Crippen molar-refractivity contribution < 1.29 is 24.2 Å². The summed E-state index contributed by atoms with van der Waals surface area (Å²) < 4.78 is 11.0. The topological polar surface area (TPSA) is 76.1 Å². The quantitative estimate of drug-likeness (QED) is 0.880. The van der Waals surface area contributed by atoms with Gasteiger partial charge in [0.1, 0.15) is 12.4 Å². The van der Waals surface area contributed by atoms with Gasteiger partial charge >= 0.3 is 5.97 Å². The minimum absolute atomic E-state index is 0.0593. The van der Waals surface area contributed by atoms with Crippen molar-refractivity contribution >= 4 is 11.9 Å². The number of carboxylic acids is 1. The zero-order valence-electron chi connectivity index (χ0n) is 12.4. The van der Waals surface area contributed by atoms with Gasteiger partial charge in [-0.1, -0.05) is 18.2 Å². The molecule has 0 saturated carbocycles. The van der Waals surface area contributed by atoms with Crippen LogP contribution in [-0.4, -0.2) is 53.8 Å². The van der Waals surface area contributed by atoms with E-state index < -0.39 is 12.1 Å². The highest BCUT2D eigenvalue weighted by Crippen LogP contribution is 2.28. The number of carboxylic acid groups (broad SMARTS) is 1. The number of nitrogens with zero attached hydrogens (tertiary/aromatic N) is 1. The van der Waals surface area contributed by atoms with Crippen LogP contribution in [0.3, 0.4) is 0 Å². The average molecular weight is 305 g/mol. The first kappa shape index (κ1) is 14.8. The van der Waals surface area contributed by atoms with Crippen LogP contribution in [0.4, 0.5) is 0 Å². The Hall–Kier alpha value is -2.08. The summed E-state index contributed by atoms with van der Waals surface area (Å²) in [6, 6.07) is 7.68. The van der Waals surface area contributed by atoms with Crippen molar-refractivity contribution in [2.75, 3.05) is 19.7 Å². The molecule has 2 aliphatic rings. The predicted molar refractivity (Wildman–Crippen MR) is 77.7 cm³/mol. The van der Waals surface area contributed by atoms with Gasteiger partial charge in [-0.3, -0.25) is 4.79 Å². The number of hydrogen-bond donors (Lipinski definition) is 1. The largest absolute Gasteiger partial charge is 0.492 e. The van der Waals surface area contributed by atoms with E-state index in [0.717, 1.165) is 11.3 Å². The lowest BCUT2D eigenvalue weighted by molar-refractivity contribution is -0.168. The fourth-order valence-electron chi connectivity index (χ4n) is 3.01. The van der Waals surface area contributed by atoms with Crippen molar-refractivity contribution in [2.24, 2.45) is 5.92 Å². The number of fused-ring (bicyclic) bond motifs is 1. The molecule has 2 unspecified atom stereocenters. The summed E-state index contributed by atoms with van der Waals surface area (Å²) in [6.45, 7) is 2.62. The van der Waals surface area contributed by atoms with Gasteiger partial charge in [-0.2, -0.15) is 0 Å². The molecule has 3 rings (SSSR count). The summed E-state index contributed by atoms with van der Waals surface area (Å²) in [4.78, 5) is 25.4. The maximum absolute atomic E-state index is 12.7. The summed E-state index contributed by atoms with van der Waals surface area (Å²) in [5.41, 5.74) is 1.02. The number of benzene rings is 1. The molecular formula is C16H19NO5. The predicted octanol–water partition coefficient (Wildman–Crippen LogP) is 0.938. The number of morpholine rings is 1. The van der Waals surface area contributed by atoms with E-state index >= 15 is 0 Å². The van der Waals surface area contributed by atoms with Crippen LogP contribution in [0.1, 0.15) is 12.5 Å². The van der Waals surface area contributed by atoms with Crippen LogP contribution in [-0.2, 0) is 20.7 Å². The standard InChI is InChI=1S/C16H19NO5/c1-10-7-17(8-14(22-10)16(19)20)15(18)12-6-11-4-2-3-5-13(11)21-9-12/h2-5,10,12,14H,6-9H2,1H3,(H,19,20)/t10-,12?,14?/m1/s1.